The van der Waals surface area contributed by atoms with Crippen LogP contribution < -0.4 is 5.32 Å². The summed E-state index contributed by atoms with van der Waals surface area (Å²) in [5, 5.41) is 13.5. The second-order valence-corrected chi connectivity index (χ2v) is 7.18. The quantitative estimate of drug-likeness (QED) is 0.840. The molecule has 2 unspecified atom stereocenters. The van der Waals surface area contributed by atoms with Crippen LogP contribution in [0.3, 0.4) is 0 Å². The number of carbonyl (C=O) groups is 1. The van der Waals surface area contributed by atoms with Gasteiger partial charge in [0.15, 0.2) is 0 Å². The molecule has 0 aliphatic carbocycles. The van der Waals surface area contributed by atoms with Crippen molar-refractivity contribution in [3.8, 4) is 0 Å². The van der Waals surface area contributed by atoms with Crippen LogP contribution in [0.2, 0.25) is 0 Å². The molecule has 2 N–H and O–H groups in total. The molecule has 24 heavy (non-hydrogen) atoms. The lowest BCUT2D eigenvalue weighted by atomic mass is 9.87. The standard InChI is InChI=1S/C19H29FN2O2/c1-13(2)12-21-19(24)14(3)22-10-8-16(9-11-22)18(23)15-4-6-17(20)7-5-15/h4-7,13-14,16,18,23H,8-12H2,1-3H3,(H,21,24). The zero-order valence-corrected chi connectivity index (χ0v) is 14.8. The smallest absolute Gasteiger partial charge is 0.237 e. The van der Waals surface area contributed by atoms with E-state index in [-0.39, 0.29) is 23.7 Å². The second-order valence-electron chi connectivity index (χ2n) is 7.18. The van der Waals surface area contributed by atoms with E-state index in [0.717, 1.165) is 31.5 Å². The maximum Gasteiger partial charge on any atom is 0.237 e. The highest BCUT2D eigenvalue weighted by Crippen LogP contribution is 2.31. The van der Waals surface area contributed by atoms with E-state index in [1.165, 1.54) is 12.1 Å². The van der Waals surface area contributed by atoms with E-state index in [9.17, 15) is 14.3 Å². The van der Waals surface area contributed by atoms with Crippen LogP contribution in [-0.4, -0.2) is 41.6 Å². The molecule has 1 aliphatic rings. The van der Waals surface area contributed by atoms with E-state index < -0.39 is 6.10 Å². The van der Waals surface area contributed by atoms with Gasteiger partial charge in [-0.1, -0.05) is 26.0 Å². The van der Waals surface area contributed by atoms with Crippen molar-refractivity contribution >= 4 is 5.91 Å². The normalized spacial score (nSPS) is 19.2. The van der Waals surface area contributed by atoms with Gasteiger partial charge in [0.1, 0.15) is 5.82 Å². The van der Waals surface area contributed by atoms with Crippen molar-refractivity contribution in [1.82, 2.24) is 10.2 Å². The van der Waals surface area contributed by atoms with Gasteiger partial charge in [-0.3, -0.25) is 9.69 Å². The Morgan fingerprint density at radius 3 is 2.38 bits per heavy atom. The van der Waals surface area contributed by atoms with Gasteiger partial charge in [0, 0.05) is 6.54 Å². The third-order valence-corrected chi connectivity index (χ3v) is 4.84. The summed E-state index contributed by atoms with van der Waals surface area (Å²) in [4.78, 5) is 14.3. The summed E-state index contributed by atoms with van der Waals surface area (Å²) in [5.74, 6) is 0.374. The van der Waals surface area contributed by atoms with Gasteiger partial charge in [-0.15, -0.1) is 0 Å². The van der Waals surface area contributed by atoms with Crippen molar-refractivity contribution < 1.29 is 14.3 Å². The Morgan fingerprint density at radius 2 is 1.83 bits per heavy atom. The number of piperidine rings is 1. The zero-order chi connectivity index (χ0) is 17.7. The topological polar surface area (TPSA) is 52.6 Å². The van der Waals surface area contributed by atoms with Gasteiger partial charge >= 0.3 is 0 Å². The summed E-state index contributed by atoms with van der Waals surface area (Å²) in [6.45, 7) is 8.37. The van der Waals surface area contributed by atoms with Crippen molar-refractivity contribution in [2.45, 2.75) is 45.8 Å². The predicted octanol–water partition coefficient (Wildman–Crippen LogP) is 2.73. The van der Waals surface area contributed by atoms with Crippen LogP contribution in [0.25, 0.3) is 0 Å². The van der Waals surface area contributed by atoms with Gasteiger partial charge in [-0.2, -0.15) is 0 Å². The van der Waals surface area contributed by atoms with Crippen LogP contribution in [0.5, 0.6) is 0 Å². The third kappa shape index (κ3) is 5.02. The summed E-state index contributed by atoms with van der Waals surface area (Å²) in [6.07, 6.45) is 1.10. The summed E-state index contributed by atoms with van der Waals surface area (Å²) < 4.78 is 13.0. The number of nitrogens with one attached hydrogen (secondary N) is 1. The first kappa shape index (κ1) is 18.9. The number of likely N-dealkylation sites (tertiary alicyclic amines) is 1. The fourth-order valence-corrected chi connectivity index (χ4v) is 3.17. The second kappa shape index (κ2) is 8.58. The molecule has 1 heterocycles. The highest BCUT2D eigenvalue weighted by molar-refractivity contribution is 5.81. The lowest BCUT2D eigenvalue weighted by Crippen LogP contribution is -2.49. The van der Waals surface area contributed by atoms with Crippen molar-refractivity contribution in [3.63, 3.8) is 0 Å². The Hall–Kier alpha value is -1.46. The first-order chi connectivity index (χ1) is 11.4. The molecule has 5 heteroatoms. The van der Waals surface area contributed by atoms with Crippen LogP contribution in [0.4, 0.5) is 4.39 Å². The van der Waals surface area contributed by atoms with Crippen molar-refractivity contribution in [3.05, 3.63) is 35.6 Å². The number of halogens is 1. The van der Waals surface area contributed by atoms with Crippen LogP contribution >= 0.6 is 0 Å². The van der Waals surface area contributed by atoms with Gasteiger partial charge in [0.2, 0.25) is 5.91 Å². The van der Waals surface area contributed by atoms with E-state index in [1.54, 1.807) is 12.1 Å². The molecule has 0 spiro atoms. The molecule has 1 fully saturated rings. The number of hydrogen-bond donors (Lipinski definition) is 2. The minimum atomic E-state index is -0.571. The maximum absolute atomic E-state index is 13.0. The zero-order valence-electron chi connectivity index (χ0n) is 14.8. The number of amides is 1. The lowest BCUT2D eigenvalue weighted by Gasteiger charge is -2.37. The van der Waals surface area contributed by atoms with E-state index in [4.69, 9.17) is 0 Å². The van der Waals surface area contributed by atoms with Gasteiger partial charge in [0.25, 0.3) is 0 Å². The Labute approximate surface area is 144 Å². The van der Waals surface area contributed by atoms with E-state index >= 15 is 0 Å². The summed E-state index contributed by atoms with van der Waals surface area (Å²) in [7, 11) is 0. The van der Waals surface area contributed by atoms with Crippen LogP contribution in [0.15, 0.2) is 24.3 Å². The fraction of sp³-hybridized carbons (Fsp3) is 0.632. The van der Waals surface area contributed by atoms with Crippen molar-refractivity contribution in [2.75, 3.05) is 19.6 Å². The Kier molecular flexibility index (Phi) is 6.75. The minimum absolute atomic E-state index is 0.0706. The molecule has 1 amide bonds. The predicted molar refractivity (Wildman–Crippen MR) is 93.0 cm³/mol. The number of carbonyl (C=O) groups excluding carboxylic acids is 1. The molecule has 1 aliphatic heterocycles. The first-order valence-corrected chi connectivity index (χ1v) is 8.83. The SMILES string of the molecule is CC(C)CNC(=O)C(C)N1CCC(C(O)c2ccc(F)cc2)CC1. The number of aliphatic hydroxyl groups excluding tert-OH is 1. The van der Waals surface area contributed by atoms with Crippen LogP contribution in [0, 0.1) is 17.7 Å². The molecular weight excluding hydrogens is 307 g/mol. The highest BCUT2D eigenvalue weighted by Gasteiger charge is 2.30. The fourth-order valence-electron chi connectivity index (χ4n) is 3.17. The lowest BCUT2D eigenvalue weighted by molar-refractivity contribution is -0.126. The maximum atomic E-state index is 13.0. The largest absolute Gasteiger partial charge is 0.388 e. The molecule has 2 rings (SSSR count). The van der Waals surface area contributed by atoms with Gasteiger partial charge in [0.05, 0.1) is 12.1 Å². The molecule has 1 saturated heterocycles. The van der Waals surface area contributed by atoms with Gasteiger partial charge in [-0.25, -0.2) is 4.39 Å². The molecule has 1 aromatic carbocycles. The average molecular weight is 336 g/mol. The summed E-state index contributed by atoms with van der Waals surface area (Å²) in [5.41, 5.74) is 0.762. The number of benzene rings is 1. The molecule has 1 aromatic rings. The number of hydrogen-bond acceptors (Lipinski definition) is 3. The van der Waals surface area contributed by atoms with Crippen LogP contribution in [-0.2, 0) is 4.79 Å². The molecule has 0 aromatic heterocycles. The summed E-state index contributed by atoms with van der Waals surface area (Å²) >= 11 is 0. The molecule has 4 nitrogen and oxygen atoms in total. The number of nitrogens with zero attached hydrogens (tertiary/aromatic N) is 1. The third-order valence-electron chi connectivity index (χ3n) is 4.84. The average Bonchev–Trinajstić information content (AvgIpc) is 2.59. The molecule has 0 bridgehead atoms. The highest BCUT2D eigenvalue weighted by atomic mass is 19.1. The Bertz CT molecular complexity index is 525. The van der Waals surface area contributed by atoms with Crippen molar-refractivity contribution in [2.24, 2.45) is 11.8 Å². The Balaban J connectivity index is 1.84. The van der Waals surface area contributed by atoms with E-state index in [2.05, 4.69) is 24.1 Å². The van der Waals surface area contributed by atoms with Gasteiger partial charge < -0.3 is 10.4 Å². The summed E-state index contributed by atoms with van der Waals surface area (Å²) in [6, 6.07) is 5.92. The number of aliphatic hydroxyl groups is 1. The van der Waals surface area contributed by atoms with E-state index in [0.29, 0.717) is 12.5 Å². The monoisotopic (exact) mass is 336 g/mol. The first-order valence-electron chi connectivity index (χ1n) is 8.83. The minimum Gasteiger partial charge on any atom is -0.388 e. The molecule has 0 radical (unpaired) electrons. The van der Waals surface area contributed by atoms with Crippen LogP contribution in [0.1, 0.15) is 45.3 Å². The van der Waals surface area contributed by atoms with Gasteiger partial charge in [-0.05, 0) is 62.4 Å². The molecular formula is C19H29FN2O2. The molecule has 2 atom stereocenters. The molecule has 0 saturated carbocycles. The molecule has 134 valence electrons. The van der Waals surface area contributed by atoms with E-state index in [1.807, 2.05) is 6.92 Å². The Morgan fingerprint density at radius 1 is 1.25 bits per heavy atom. The van der Waals surface area contributed by atoms with Crippen molar-refractivity contribution in [1.29, 1.82) is 0 Å². The number of rotatable bonds is 6.